The van der Waals surface area contributed by atoms with Crippen molar-refractivity contribution in [1.29, 1.82) is 0 Å². The SMILES string of the molecule is O=C1c2ccccc2C(=O)N1CCC(Cc1ccccc1)S(=O)(=O)O. The molecule has 0 aromatic heterocycles. The average Bonchev–Trinajstić information content (AvgIpc) is 2.83. The van der Waals surface area contributed by atoms with Crippen LogP contribution in [0.25, 0.3) is 0 Å². The van der Waals surface area contributed by atoms with Gasteiger partial charge in [-0.2, -0.15) is 8.42 Å². The van der Waals surface area contributed by atoms with Gasteiger partial charge in [-0.05, 0) is 30.5 Å². The number of benzene rings is 2. The van der Waals surface area contributed by atoms with Gasteiger partial charge in [-0.15, -0.1) is 0 Å². The predicted molar refractivity (Wildman–Crippen MR) is 91.9 cm³/mol. The third-order valence-corrected chi connectivity index (χ3v) is 5.53. The minimum absolute atomic E-state index is 0.0286. The van der Waals surface area contributed by atoms with E-state index in [9.17, 15) is 22.6 Å². The lowest BCUT2D eigenvalue weighted by Crippen LogP contribution is -2.35. The lowest BCUT2D eigenvalue weighted by Gasteiger charge is -2.18. The highest BCUT2D eigenvalue weighted by Crippen LogP contribution is 2.23. The number of nitrogens with zero attached hydrogens (tertiary/aromatic N) is 1. The van der Waals surface area contributed by atoms with Gasteiger partial charge in [0.25, 0.3) is 21.9 Å². The Kier molecular flexibility index (Phi) is 4.69. The molecular formula is C18H17NO5S. The topological polar surface area (TPSA) is 91.8 Å². The molecule has 0 saturated heterocycles. The molecule has 1 aliphatic rings. The van der Waals surface area contributed by atoms with Gasteiger partial charge < -0.3 is 0 Å². The molecule has 3 rings (SSSR count). The van der Waals surface area contributed by atoms with E-state index in [0.29, 0.717) is 11.1 Å². The highest BCUT2D eigenvalue weighted by molar-refractivity contribution is 7.86. The summed E-state index contributed by atoms with van der Waals surface area (Å²) < 4.78 is 32.9. The molecule has 2 aromatic rings. The Balaban J connectivity index is 1.74. The zero-order valence-corrected chi connectivity index (χ0v) is 14.1. The smallest absolute Gasteiger partial charge is 0.268 e. The molecule has 0 saturated carbocycles. The summed E-state index contributed by atoms with van der Waals surface area (Å²) in [6.07, 6.45) is 0.0854. The number of fused-ring (bicyclic) bond motifs is 1. The summed E-state index contributed by atoms with van der Waals surface area (Å²) in [5.41, 5.74) is 1.39. The fourth-order valence-electron chi connectivity index (χ4n) is 2.95. The molecule has 25 heavy (non-hydrogen) atoms. The van der Waals surface area contributed by atoms with Crippen LogP contribution in [-0.4, -0.2) is 41.5 Å². The molecule has 6 nitrogen and oxygen atoms in total. The Bertz CT molecular complexity index is 873. The second-order valence-corrected chi connectivity index (χ2v) is 7.62. The van der Waals surface area contributed by atoms with E-state index in [1.807, 2.05) is 6.07 Å². The number of imide groups is 1. The van der Waals surface area contributed by atoms with Gasteiger partial charge in [-0.25, -0.2) is 0 Å². The van der Waals surface area contributed by atoms with Gasteiger partial charge in [-0.3, -0.25) is 19.0 Å². The van der Waals surface area contributed by atoms with E-state index in [0.717, 1.165) is 10.5 Å². The van der Waals surface area contributed by atoms with Crippen LogP contribution in [0.4, 0.5) is 0 Å². The lowest BCUT2D eigenvalue weighted by molar-refractivity contribution is 0.0651. The van der Waals surface area contributed by atoms with Gasteiger partial charge in [0, 0.05) is 6.54 Å². The van der Waals surface area contributed by atoms with Crippen molar-refractivity contribution in [3.8, 4) is 0 Å². The summed E-state index contributed by atoms with van der Waals surface area (Å²) >= 11 is 0. The minimum Gasteiger partial charge on any atom is -0.285 e. The standard InChI is InChI=1S/C18H17NO5S/c20-17-15-8-4-5-9-16(15)18(21)19(17)11-10-14(25(22,23)24)12-13-6-2-1-3-7-13/h1-9,14H,10-12H2,(H,22,23,24). The Morgan fingerprint density at radius 1 is 0.880 bits per heavy atom. The third kappa shape index (κ3) is 3.62. The number of carbonyl (C=O) groups is 2. The normalized spacial score (nSPS) is 15.3. The number of rotatable bonds is 6. The van der Waals surface area contributed by atoms with Crippen molar-refractivity contribution in [2.24, 2.45) is 0 Å². The first-order chi connectivity index (χ1) is 11.9. The summed E-state index contributed by atoms with van der Waals surface area (Å²) in [4.78, 5) is 25.7. The van der Waals surface area contributed by atoms with E-state index in [1.54, 1.807) is 48.5 Å². The molecule has 1 aliphatic heterocycles. The summed E-state index contributed by atoms with van der Waals surface area (Å²) in [5, 5.41) is -1.08. The number of carbonyl (C=O) groups excluding carboxylic acids is 2. The fraction of sp³-hybridized carbons (Fsp3) is 0.222. The second kappa shape index (κ2) is 6.78. The highest BCUT2D eigenvalue weighted by Gasteiger charge is 2.36. The van der Waals surface area contributed by atoms with Crippen LogP contribution < -0.4 is 0 Å². The van der Waals surface area contributed by atoms with Gasteiger partial charge in [0.15, 0.2) is 0 Å². The summed E-state index contributed by atoms with van der Waals surface area (Å²) in [7, 11) is -4.31. The van der Waals surface area contributed by atoms with E-state index >= 15 is 0 Å². The summed E-state index contributed by atoms with van der Waals surface area (Å²) in [5.74, 6) is -0.871. The maximum atomic E-state index is 12.3. The van der Waals surface area contributed by atoms with E-state index in [2.05, 4.69) is 0 Å². The van der Waals surface area contributed by atoms with Gasteiger partial charge in [0.1, 0.15) is 0 Å². The Morgan fingerprint density at radius 2 is 1.40 bits per heavy atom. The summed E-state index contributed by atoms with van der Waals surface area (Å²) in [6.45, 7) is -0.0658. The van der Waals surface area contributed by atoms with Gasteiger partial charge in [0.2, 0.25) is 0 Å². The number of hydrogen-bond donors (Lipinski definition) is 1. The predicted octanol–water partition coefficient (Wildman–Crippen LogP) is 2.17. The van der Waals surface area contributed by atoms with Crippen molar-refractivity contribution in [2.75, 3.05) is 6.54 Å². The maximum Gasteiger partial charge on any atom is 0.268 e. The largest absolute Gasteiger partial charge is 0.285 e. The third-order valence-electron chi connectivity index (χ3n) is 4.28. The number of hydrogen-bond acceptors (Lipinski definition) is 4. The highest BCUT2D eigenvalue weighted by atomic mass is 32.2. The van der Waals surface area contributed by atoms with E-state index in [4.69, 9.17) is 0 Å². The molecule has 0 fully saturated rings. The van der Waals surface area contributed by atoms with Gasteiger partial charge in [0.05, 0.1) is 16.4 Å². The number of amides is 2. The van der Waals surface area contributed by atoms with Crippen LogP contribution >= 0.6 is 0 Å². The fourth-order valence-corrected chi connectivity index (χ4v) is 3.75. The van der Waals surface area contributed by atoms with E-state index < -0.39 is 27.2 Å². The molecule has 7 heteroatoms. The first kappa shape index (κ1) is 17.3. The maximum absolute atomic E-state index is 12.3. The van der Waals surface area contributed by atoms with Crippen molar-refractivity contribution >= 4 is 21.9 Å². The van der Waals surface area contributed by atoms with Crippen LogP contribution in [0, 0.1) is 0 Å². The lowest BCUT2D eigenvalue weighted by atomic mass is 10.1. The molecule has 1 N–H and O–H groups in total. The molecule has 130 valence electrons. The van der Waals surface area contributed by atoms with E-state index in [-0.39, 0.29) is 19.4 Å². The van der Waals surface area contributed by atoms with E-state index in [1.165, 1.54) is 0 Å². The Morgan fingerprint density at radius 3 is 1.92 bits per heavy atom. The minimum atomic E-state index is -4.31. The molecule has 0 bridgehead atoms. The molecule has 0 aliphatic carbocycles. The molecule has 0 radical (unpaired) electrons. The molecule has 1 heterocycles. The molecule has 1 unspecified atom stereocenters. The first-order valence-corrected chi connectivity index (χ1v) is 9.33. The van der Waals surface area contributed by atoms with Gasteiger partial charge >= 0.3 is 0 Å². The Labute approximate surface area is 145 Å². The molecule has 1 atom stereocenters. The van der Waals surface area contributed by atoms with Crippen LogP contribution in [0.1, 0.15) is 32.7 Å². The first-order valence-electron chi connectivity index (χ1n) is 7.83. The van der Waals surface area contributed by atoms with Crippen LogP contribution in [0.2, 0.25) is 0 Å². The van der Waals surface area contributed by atoms with Crippen LogP contribution in [0.3, 0.4) is 0 Å². The van der Waals surface area contributed by atoms with Crippen molar-refractivity contribution in [1.82, 2.24) is 4.90 Å². The monoisotopic (exact) mass is 359 g/mol. The summed E-state index contributed by atoms with van der Waals surface area (Å²) in [6, 6.07) is 15.4. The quantitative estimate of drug-likeness (QED) is 0.630. The molecule has 2 aromatic carbocycles. The molecular weight excluding hydrogens is 342 g/mol. The van der Waals surface area contributed by atoms with Crippen molar-refractivity contribution < 1.29 is 22.6 Å². The van der Waals surface area contributed by atoms with Gasteiger partial charge in [-0.1, -0.05) is 42.5 Å². The molecule has 0 spiro atoms. The van der Waals surface area contributed by atoms with Crippen molar-refractivity contribution in [3.63, 3.8) is 0 Å². The zero-order chi connectivity index (χ0) is 18.0. The Hall–Kier alpha value is -2.51. The zero-order valence-electron chi connectivity index (χ0n) is 13.3. The molecule has 2 amide bonds. The van der Waals surface area contributed by atoms with Crippen molar-refractivity contribution in [3.05, 3.63) is 71.3 Å². The van der Waals surface area contributed by atoms with Crippen LogP contribution in [0.15, 0.2) is 54.6 Å². The van der Waals surface area contributed by atoms with Crippen molar-refractivity contribution in [2.45, 2.75) is 18.1 Å². The average molecular weight is 359 g/mol. The van der Waals surface area contributed by atoms with Crippen LogP contribution in [-0.2, 0) is 16.5 Å². The van der Waals surface area contributed by atoms with Crippen LogP contribution in [0.5, 0.6) is 0 Å². The second-order valence-electron chi connectivity index (χ2n) is 5.92.